The second-order valence-corrected chi connectivity index (χ2v) is 6.77. The van der Waals surface area contributed by atoms with Crippen molar-refractivity contribution in [2.45, 2.75) is 26.2 Å². The van der Waals surface area contributed by atoms with E-state index in [4.69, 9.17) is 4.74 Å². The number of rotatable bonds is 8. The number of aryl methyl sites for hydroxylation is 2. The van der Waals surface area contributed by atoms with Crippen LogP contribution in [0.15, 0.2) is 54.7 Å². The number of esters is 1. The summed E-state index contributed by atoms with van der Waals surface area (Å²) in [7, 11) is 1.36. The summed E-state index contributed by atoms with van der Waals surface area (Å²) in [5.74, 6) is -0.420. The molecule has 7 nitrogen and oxygen atoms in total. The maximum absolute atomic E-state index is 12.1. The van der Waals surface area contributed by atoms with Gasteiger partial charge in [-0.2, -0.15) is 0 Å². The molecule has 1 heterocycles. The van der Waals surface area contributed by atoms with Gasteiger partial charge in [-0.25, -0.2) is 9.48 Å². The number of nitrogens with one attached hydrogen (secondary N) is 1. The van der Waals surface area contributed by atoms with Crippen molar-refractivity contribution in [1.82, 2.24) is 20.3 Å². The zero-order valence-electron chi connectivity index (χ0n) is 16.6. The lowest BCUT2D eigenvalue weighted by molar-refractivity contribution is 0.0600. The Hall–Kier alpha value is -3.48. The summed E-state index contributed by atoms with van der Waals surface area (Å²) in [5.41, 5.74) is 4.00. The van der Waals surface area contributed by atoms with E-state index in [0.29, 0.717) is 17.7 Å². The van der Waals surface area contributed by atoms with Crippen LogP contribution in [0.3, 0.4) is 0 Å². The van der Waals surface area contributed by atoms with Gasteiger partial charge in [0.05, 0.1) is 30.3 Å². The number of unbranched alkanes of at least 4 members (excludes halogenated alkanes) is 1. The number of aromatic nitrogens is 3. The number of methoxy groups -OCH3 is 1. The quantitative estimate of drug-likeness (QED) is 0.470. The van der Waals surface area contributed by atoms with Crippen molar-refractivity contribution in [3.63, 3.8) is 0 Å². The number of hydrogen-bond donors (Lipinski definition) is 1. The van der Waals surface area contributed by atoms with Gasteiger partial charge < -0.3 is 10.1 Å². The fraction of sp³-hybridized carbons (Fsp3) is 0.273. The molecule has 0 unspecified atom stereocenters. The zero-order chi connectivity index (χ0) is 20.6. The fourth-order valence-corrected chi connectivity index (χ4v) is 2.85. The predicted octanol–water partition coefficient (Wildman–Crippen LogP) is 3.12. The molecule has 1 N–H and O–H groups in total. The molecule has 0 aliphatic rings. The summed E-state index contributed by atoms with van der Waals surface area (Å²) >= 11 is 0. The van der Waals surface area contributed by atoms with E-state index < -0.39 is 0 Å². The lowest BCUT2D eigenvalue weighted by atomic mass is 10.1. The molecule has 1 aromatic heterocycles. The number of ether oxygens (including phenoxy) is 1. The summed E-state index contributed by atoms with van der Waals surface area (Å²) in [5, 5.41) is 11.3. The molecule has 2 aromatic carbocycles. The summed E-state index contributed by atoms with van der Waals surface area (Å²) in [4.78, 5) is 23.6. The van der Waals surface area contributed by atoms with Crippen molar-refractivity contribution in [2.24, 2.45) is 0 Å². The summed E-state index contributed by atoms with van der Waals surface area (Å²) < 4.78 is 6.37. The number of carbonyl (C=O) groups is 2. The highest BCUT2D eigenvalue weighted by atomic mass is 16.5. The van der Waals surface area contributed by atoms with Crippen molar-refractivity contribution in [3.8, 4) is 5.69 Å². The minimum Gasteiger partial charge on any atom is -0.465 e. The van der Waals surface area contributed by atoms with Crippen molar-refractivity contribution < 1.29 is 14.3 Å². The summed E-state index contributed by atoms with van der Waals surface area (Å²) in [6.07, 6.45) is 4.41. The van der Waals surface area contributed by atoms with Crippen LogP contribution in [0, 0.1) is 6.92 Å². The van der Waals surface area contributed by atoms with Crippen LogP contribution in [0.5, 0.6) is 0 Å². The molecule has 3 aromatic rings. The van der Waals surface area contributed by atoms with Gasteiger partial charge in [0.15, 0.2) is 0 Å². The second kappa shape index (κ2) is 9.64. The van der Waals surface area contributed by atoms with Gasteiger partial charge in [0.2, 0.25) is 0 Å². The highest BCUT2D eigenvalue weighted by molar-refractivity contribution is 5.94. The van der Waals surface area contributed by atoms with Crippen LogP contribution in [0.25, 0.3) is 5.69 Å². The van der Waals surface area contributed by atoms with Crippen molar-refractivity contribution in [3.05, 3.63) is 77.1 Å². The van der Waals surface area contributed by atoms with Crippen LogP contribution in [-0.2, 0) is 11.2 Å². The average molecular weight is 392 g/mol. The van der Waals surface area contributed by atoms with Gasteiger partial charge >= 0.3 is 5.97 Å². The maximum Gasteiger partial charge on any atom is 0.337 e. The Morgan fingerprint density at radius 2 is 1.69 bits per heavy atom. The first-order valence-electron chi connectivity index (χ1n) is 9.51. The van der Waals surface area contributed by atoms with Gasteiger partial charge in [0.1, 0.15) is 0 Å². The van der Waals surface area contributed by atoms with E-state index in [1.165, 1.54) is 7.11 Å². The van der Waals surface area contributed by atoms with Crippen LogP contribution in [-0.4, -0.2) is 40.5 Å². The molecular formula is C22H24N4O3. The van der Waals surface area contributed by atoms with Gasteiger partial charge in [0.25, 0.3) is 5.91 Å². The first-order valence-corrected chi connectivity index (χ1v) is 9.51. The zero-order valence-corrected chi connectivity index (χ0v) is 16.6. The minimum absolute atomic E-state index is 0.0497. The molecule has 150 valence electrons. The van der Waals surface area contributed by atoms with Crippen molar-refractivity contribution in [1.29, 1.82) is 0 Å². The molecule has 0 aliphatic carbocycles. The van der Waals surface area contributed by atoms with E-state index in [1.807, 2.05) is 37.4 Å². The van der Waals surface area contributed by atoms with E-state index in [9.17, 15) is 9.59 Å². The third-order valence-corrected chi connectivity index (χ3v) is 4.55. The maximum atomic E-state index is 12.1. The van der Waals surface area contributed by atoms with Gasteiger partial charge in [0, 0.05) is 12.1 Å². The van der Waals surface area contributed by atoms with E-state index in [2.05, 4.69) is 15.6 Å². The number of nitrogens with zero attached hydrogens (tertiary/aromatic N) is 3. The molecule has 3 rings (SSSR count). The first-order chi connectivity index (χ1) is 14.1. The number of hydrogen-bond acceptors (Lipinski definition) is 5. The second-order valence-electron chi connectivity index (χ2n) is 6.77. The average Bonchev–Trinajstić information content (AvgIpc) is 3.22. The summed E-state index contributed by atoms with van der Waals surface area (Å²) in [6, 6.07) is 14.5. The molecule has 0 saturated carbocycles. The van der Waals surface area contributed by atoms with E-state index in [-0.39, 0.29) is 11.9 Å². The summed E-state index contributed by atoms with van der Waals surface area (Å²) in [6.45, 7) is 2.62. The number of amides is 1. The largest absolute Gasteiger partial charge is 0.465 e. The van der Waals surface area contributed by atoms with Crippen molar-refractivity contribution >= 4 is 11.9 Å². The lowest BCUT2D eigenvalue weighted by Crippen LogP contribution is -2.24. The van der Waals surface area contributed by atoms with Gasteiger partial charge in [-0.05, 0) is 62.6 Å². The lowest BCUT2D eigenvalue weighted by Gasteiger charge is -2.05. The van der Waals surface area contributed by atoms with Crippen molar-refractivity contribution in [2.75, 3.05) is 13.7 Å². The normalized spacial score (nSPS) is 10.6. The molecule has 0 spiro atoms. The van der Waals surface area contributed by atoms with E-state index >= 15 is 0 Å². The Bertz CT molecular complexity index is 962. The Morgan fingerprint density at radius 3 is 2.38 bits per heavy atom. The molecular weight excluding hydrogens is 368 g/mol. The first kappa shape index (κ1) is 20.3. The third-order valence-electron chi connectivity index (χ3n) is 4.55. The smallest absolute Gasteiger partial charge is 0.337 e. The van der Waals surface area contributed by atoms with E-state index in [1.54, 1.807) is 28.9 Å². The highest BCUT2D eigenvalue weighted by Crippen LogP contribution is 2.11. The van der Waals surface area contributed by atoms with Crippen LogP contribution >= 0.6 is 0 Å². The Labute approximate surface area is 169 Å². The number of carbonyl (C=O) groups excluding carboxylic acids is 2. The highest BCUT2D eigenvalue weighted by Gasteiger charge is 2.07. The molecule has 0 radical (unpaired) electrons. The Balaban J connectivity index is 1.43. The van der Waals surface area contributed by atoms with Gasteiger partial charge in [-0.15, -0.1) is 5.10 Å². The molecule has 7 heteroatoms. The van der Waals surface area contributed by atoms with Crippen LogP contribution in [0.1, 0.15) is 44.8 Å². The molecule has 0 saturated heterocycles. The van der Waals surface area contributed by atoms with Crippen LogP contribution < -0.4 is 5.32 Å². The topological polar surface area (TPSA) is 86.1 Å². The minimum atomic E-state index is -0.370. The Kier molecular flexibility index (Phi) is 6.73. The SMILES string of the molecule is COC(=O)c1ccc(-n2cc(CCCCNC(=O)c3ccc(C)cc3)nn2)cc1. The molecule has 1 amide bonds. The van der Waals surface area contributed by atoms with Crippen LogP contribution in [0.2, 0.25) is 0 Å². The van der Waals surface area contributed by atoms with Gasteiger partial charge in [-0.1, -0.05) is 22.9 Å². The molecule has 0 bridgehead atoms. The predicted molar refractivity (Wildman–Crippen MR) is 109 cm³/mol. The molecule has 0 fully saturated rings. The molecule has 29 heavy (non-hydrogen) atoms. The molecule has 0 atom stereocenters. The number of benzene rings is 2. The van der Waals surface area contributed by atoms with Gasteiger partial charge in [-0.3, -0.25) is 4.79 Å². The molecule has 0 aliphatic heterocycles. The third kappa shape index (κ3) is 5.51. The fourth-order valence-electron chi connectivity index (χ4n) is 2.85. The standard InChI is InChI=1S/C22H24N4O3/c1-16-6-8-17(9-7-16)21(27)23-14-4-3-5-19-15-26(25-24-19)20-12-10-18(11-13-20)22(28)29-2/h6-13,15H,3-5,14H2,1-2H3,(H,23,27). The Morgan fingerprint density at radius 1 is 1.00 bits per heavy atom. The monoisotopic (exact) mass is 392 g/mol. The van der Waals surface area contributed by atoms with E-state index in [0.717, 1.165) is 36.2 Å². The van der Waals surface area contributed by atoms with Crippen LogP contribution in [0.4, 0.5) is 0 Å².